The smallest absolute Gasteiger partial charge is 0.404 e. The van der Waals surface area contributed by atoms with Crippen LogP contribution in [0.15, 0.2) is 24.3 Å². The molecular formula is C18H25N3O3. The van der Waals surface area contributed by atoms with Crippen molar-refractivity contribution in [2.24, 2.45) is 11.7 Å². The highest BCUT2D eigenvalue weighted by Gasteiger charge is 2.23. The zero-order valence-electron chi connectivity index (χ0n) is 13.9. The van der Waals surface area contributed by atoms with Crippen LogP contribution in [0, 0.1) is 5.92 Å². The van der Waals surface area contributed by atoms with Crippen LogP contribution in [0.3, 0.4) is 0 Å². The second-order valence-electron chi connectivity index (χ2n) is 6.60. The molecule has 2 fully saturated rings. The van der Waals surface area contributed by atoms with E-state index in [0.29, 0.717) is 0 Å². The number of ether oxygens (including phenoxy) is 1. The van der Waals surface area contributed by atoms with Crippen molar-refractivity contribution in [3.8, 4) is 0 Å². The predicted octanol–water partition coefficient (Wildman–Crippen LogP) is 2.17. The maximum absolute atomic E-state index is 10.9. The van der Waals surface area contributed by atoms with Gasteiger partial charge in [-0.25, -0.2) is 4.79 Å². The first kappa shape index (κ1) is 16.6. The van der Waals surface area contributed by atoms with Gasteiger partial charge in [0.1, 0.15) is 12.4 Å². The molecule has 6 nitrogen and oxygen atoms in total. The lowest BCUT2D eigenvalue weighted by atomic mass is 9.98. The van der Waals surface area contributed by atoms with E-state index < -0.39 is 6.09 Å². The minimum absolute atomic E-state index is 0.0655. The number of hydrogen-bond donors (Lipinski definition) is 1. The van der Waals surface area contributed by atoms with E-state index in [1.54, 1.807) is 0 Å². The number of benzene rings is 1. The third-order valence-corrected chi connectivity index (χ3v) is 5.02. The van der Waals surface area contributed by atoms with Gasteiger partial charge in [0.2, 0.25) is 0 Å². The van der Waals surface area contributed by atoms with E-state index in [1.165, 1.54) is 11.4 Å². The van der Waals surface area contributed by atoms with Crippen LogP contribution in [0.4, 0.5) is 16.2 Å². The minimum atomic E-state index is -0.686. The standard InChI is InChI=1S/C18H25N3O3/c19-18(23)24-17-6-10-21(11-7-17)16-3-1-2-15(12-16)20-8-4-14(13-22)5-9-20/h1-3,12-14,17H,4-11H2,(H2,19,23). The molecule has 0 atom stereocenters. The number of aldehydes is 1. The second kappa shape index (κ2) is 7.55. The first-order valence-corrected chi connectivity index (χ1v) is 8.67. The number of primary amides is 1. The number of nitrogens with two attached hydrogens (primary N) is 1. The predicted molar refractivity (Wildman–Crippen MR) is 93.3 cm³/mol. The highest BCUT2D eigenvalue weighted by atomic mass is 16.6. The van der Waals surface area contributed by atoms with E-state index >= 15 is 0 Å². The third-order valence-electron chi connectivity index (χ3n) is 5.02. The molecule has 0 radical (unpaired) electrons. The summed E-state index contributed by atoms with van der Waals surface area (Å²) in [6.45, 7) is 3.58. The van der Waals surface area contributed by atoms with E-state index in [1.807, 2.05) is 0 Å². The normalized spacial score (nSPS) is 20.0. The Morgan fingerprint density at radius 3 is 2.08 bits per heavy atom. The average Bonchev–Trinajstić information content (AvgIpc) is 2.62. The van der Waals surface area contributed by atoms with Gasteiger partial charge in [0.25, 0.3) is 0 Å². The molecule has 3 rings (SSSR count). The Bertz CT molecular complexity index is 577. The first-order valence-electron chi connectivity index (χ1n) is 8.67. The fourth-order valence-corrected chi connectivity index (χ4v) is 3.58. The number of hydrogen-bond acceptors (Lipinski definition) is 5. The summed E-state index contributed by atoms with van der Waals surface area (Å²) in [4.78, 5) is 26.4. The van der Waals surface area contributed by atoms with Gasteiger partial charge in [-0.2, -0.15) is 0 Å². The Morgan fingerprint density at radius 2 is 1.58 bits per heavy atom. The van der Waals surface area contributed by atoms with Crippen LogP contribution in [-0.2, 0) is 9.53 Å². The van der Waals surface area contributed by atoms with Crippen LogP contribution >= 0.6 is 0 Å². The van der Waals surface area contributed by atoms with Gasteiger partial charge in [0.15, 0.2) is 0 Å². The van der Waals surface area contributed by atoms with Crippen molar-refractivity contribution in [3.05, 3.63) is 24.3 Å². The van der Waals surface area contributed by atoms with E-state index in [2.05, 4.69) is 34.1 Å². The maximum Gasteiger partial charge on any atom is 0.404 e. The van der Waals surface area contributed by atoms with Crippen LogP contribution in [0.1, 0.15) is 25.7 Å². The lowest BCUT2D eigenvalue weighted by Crippen LogP contribution is -2.39. The number of nitrogens with zero attached hydrogens (tertiary/aromatic N) is 2. The van der Waals surface area contributed by atoms with Crippen molar-refractivity contribution < 1.29 is 14.3 Å². The van der Waals surface area contributed by atoms with Gasteiger partial charge >= 0.3 is 6.09 Å². The van der Waals surface area contributed by atoms with Gasteiger partial charge in [0.05, 0.1) is 0 Å². The third kappa shape index (κ3) is 3.99. The lowest BCUT2D eigenvalue weighted by Gasteiger charge is -2.35. The summed E-state index contributed by atoms with van der Waals surface area (Å²) < 4.78 is 5.09. The van der Waals surface area contributed by atoms with Crippen LogP contribution in [-0.4, -0.2) is 44.7 Å². The zero-order chi connectivity index (χ0) is 16.9. The van der Waals surface area contributed by atoms with E-state index in [4.69, 9.17) is 10.5 Å². The van der Waals surface area contributed by atoms with Crippen LogP contribution in [0.2, 0.25) is 0 Å². The molecule has 0 unspecified atom stereocenters. The summed E-state index contributed by atoms with van der Waals surface area (Å²) in [6, 6.07) is 8.56. The number of carbonyl (C=O) groups excluding carboxylic acids is 2. The molecule has 2 aliphatic rings. The summed E-state index contributed by atoms with van der Waals surface area (Å²) in [5.74, 6) is 0.216. The monoisotopic (exact) mass is 331 g/mol. The molecule has 1 aromatic rings. The largest absolute Gasteiger partial charge is 0.446 e. The first-order chi connectivity index (χ1) is 11.7. The van der Waals surface area contributed by atoms with E-state index in [-0.39, 0.29) is 12.0 Å². The molecule has 130 valence electrons. The molecule has 2 aliphatic heterocycles. The Balaban J connectivity index is 1.60. The van der Waals surface area contributed by atoms with Gasteiger partial charge in [-0.05, 0) is 31.0 Å². The van der Waals surface area contributed by atoms with Crippen LogP contribution in [0.5, 0.6) is 0 Å². The molecule has 0 aromatic heterocycles. The minimum Gasteiger partial charge on any atom is -0.446 e. The Labute approximate surface area is 142 Å². The summed E-state index contributed by atoms with van der Waals surface area (Å²) in [5.41, 5.74) is 7.50. The fourth-order valence-electron chi connectivity index (χ4n) is 3.58. The molecule has 2 N–H and O–H groups in total. The SMILES string of the molecule is NC(=O)OC1CCN(c2cccc(N3CCC(C=O)CC3)c2)CC1. The molecule has 0 aliphatic carbocycles. The van der Waals surface area contributed by atoms with E-state index in [9.17, 15) is 9.59 Å². The number of anilines is 2. The molecule has 0 spiro atoms. The Hall–Kier alpha value is -2.24. The molecule has 2 saturated heterocycles. The molecule has 2 heterocycles. The van der Waals surface area contributed by atoms with Crippen molar-refractivity contribution in [3.63, 3.8) is 0 Å². The fraction of sp³-hybridized carbons (Fsp3) is 0.556. The van der Waals surface area contributed by atoms with Crippen molar-refractivity contribution in [1.82, 2.24) is 0 Å². The molecule has 24 heavy (non-hydrogen) atoms. The summed E-state index contributed by atoms with van der Waals surface area (Å²) in [6.07, 6.45) is 3.81. The quantitative estimate of drug-likeness (QED) is 0.856. The van der Waals surface area contributed by atoms with Gasteiger partial charge in [0, 0.05) is 56.3 Å². The maximum atomic E-state index is 10.9. The lowest BCUT2D eigenvalue weighted by molar-refractivity contribution is -0.111. The van der Waals surface area contributed by atoms with Gasteiger partial charge in [-0.15, -0.1) is 0 Å². The van der Waals surface area contributed by atoms with Gasteiger partial charge in [-0.3, -0.25) is 0 Å². The van der Waals surface area contributed by atoms with Gasteiger partial charge < -0.3 is 25.1 Å². The van der Waals surface area contributed by atoms with Crippen LogP contribution in [0.25, 0.3) is 0 Å². The van der Waals surface area contributed by atoms with Crippen molar-refractivity contribution in [2.75, 3.05) is 36.0 Å². The van der Waals surface area contributed by atoms with E-state index in [0.717, 1.165) is 58.1 Å². The molecule has 6 heteroatoms. The molecule has 0 saturated carbocycles. The Morgan fingerprint density at radius 1 is 1.04 bits per heavy atom. The van der Waals surface area contributed by atoms with Crippen molar-refractivity contribution in [2.45, 2.75) is 31.8 Å². The summed E-state index contributed by atoms with van der Waals surface area (Å²) in [7, 11) is 0. The summed E-state index contributed by atoms with van der Waals surface area (Å²) >= 11 is 0. The summed E-state index contributed by atoms with van der Waals surface area (Å²) in [5, 5.41) is 0. The highest BCUT2D eigenvalue weighted by Crippen LogP contribution is 2.28. The molecule has 1 amide bonds. The average molecular weight is 331 g/mol. The molecule has 1 aromatic carbocycles. The van der Waals surface area contributed by atoms with Crippen LogP contribution < -0.4 is 15.5 Å². The molecule has 0 bridgehead atoms. The molecular weight excluding hydrogens is 306 g/mol. The van der Waals surface area contributed by atoms with Crippen molar-refractivity contribution in [1.29, 1.82) is 0 Å². The highest BCUT2D eigenvalue weighted by molar-refractivity contribution is 5.65. The second-order valence-corrected chi connectivity index (χ2v) is 6.60. The topological polar surface area (TPSA) is 75.9 Å². The zero-order valence-corrected chi connectivity index (χ0v) is 13.9. The number of piperidine rings is 2. The Kier molecular flexibility index (Phi) is 5.23. The number of rotatable bonds is 4. The number of amides is 1. The number of carbonyl (C=O) groups is 2. The van der Waals surface area contributed by atoms with Gasteiger partial charge in [-0.1, -0.05) is 6.07 Å². The van der Waals surface area contributed by atoms with Crippen molar-refractivity contribution >= 4 is 23.8 Å².